The number of aliphatic hydroxyl groups excluding tert-OH is 1. The van der Waals surface area contributed by atoms with Gasteiger partial charge < -0.3 is 15.1 Å². The molecule has 155 valence electrons. The number of piperidine rings is 1. The number of hydrogen-bond acceptors (Lipinski definition) is 4. The molecule has 1 aliphatic heterocycles. The molecule has 4 nitrogen and oxygen atoms in total. The van der Waals surface area contributed by atoms with E-state index in [-0.39, 0.29) is 35.8 Å². The lowest BCUT2D eigenvalue weighted by atomic mass is 9.75. The summed E-state index contributed by atoms with van der Waals surface area (Å²) >= 11 is 0. The van der Waals surface area contributed by atoms with Gasteiger partial charge in [0.25, 0.3) is 0 Å². The maximum atomic E-state index is 14.2. The molecular formula is C24H29FNO3. The minimum Gasteiger partial charge on any atom is -0.508 e. The number of halogens is 1. The number of likely N-dealkylation sites (tertiary alicyclic amines) is 1. The standard InChI is InChI=1S/C24H29FNO3/c1-17-20(9-6-10-23(17)25)21-11-13-26(12-3-2-4-14-27)16-22(21)24(29)18-7-5-8-19(28)15-18/h5-11,15,21-22,27-28H,2-4,12-14,16H2,1H3/t21-,22+/m1/s1. The molecule has 2 aromatic carbocycles. The Morgan fingerprint density at radius 1 is 1.17 bits per heavy atom. The van der Waals surface area contributed by atoms with Gasteiger partial charge in [0.2, 0.25) is 0 Å². The van der Waals surface area contributed by atoms with Crippen LogP contribution in [0.3, 0.4) is 0 Å². The fraction of sp³-hybridized carbons (Fsp3) is 0.417. The summed E-state index contributed by atoms with van der Waals surface area (Å²) in [5.74, 6) is -0.745. The fourth-order valence-corrected chi connectivity index (χ4v) is 4.15. The van der Waals surface area contributed by atoms with Gasteiger partial charge in [0.15, 0.2) is 5.78 Å². The Morgan fingerprint density at radius 2 is 1.97 bits per heavy atom. The number of unbranched alkanes of at least 4 members (excludes halogenated alkanes) is 2. The van der Waals surface area contributed by atoms with Crippen molar-refractivity contribution in [3.05, 3.63) is 71.4 Å². The van der Waals surface area contributed by atoms with Crippen molar-refractivity contribution in [1.82, 2.24) is 4.90 Å². The SMILES string of the molecule is Cc1c(F)cccc1[C@H]1[CH]CN(CCCCCO)C[C@@H]1C(=O)c1cccc(O)c1. The highest BCUT2D eigenvalue weighted by molar-refractivity contribution is 5.99. The molecule has 0 bridgehead atoms. The van der Waals surface area contributed by atoms with Gasteiger partial charge in [-0.25, -0.2) is 4.39 Å². The third kappa shape index (κ3) is 5.22. The molecule has 0 amide bonds. The molecule has 2 atom stereocenters. The zero-order chi connectivity index (χ0) is 20.8. The molecule has 3 rings (SSSR count). The Kier molecular flexibility index (Phi) is 7.40. The first kappa shape index (κ1) is 21.5. The van der Waals surface area contributed by atoms with Crippen molar-refractivity contribution in [2.24, 2.45) is 5.92 Å². The zero-order valence-electron chi connectivity index (χ0n) is 16.9. The first-order chi connectivity index (χ1) is 14.0. The number of aliphatic hydroxyl groups is 1. The summed E-state index contributed by atoms with van der Waals surface area (Å²) in [5.41, 5.74) is 1.91. The number of ketones is 1. The van der Waals surface area contributed by atoms with E-state index in [1.165, 1.54) is 12.1 Å². The first-order valence-corrected chi connectivity index (χ1v) is 10.3. The number of nitrogens with zero attached hydrogens (tertiary/aromatic N) is 1. The van der Waals surface area contributed by atoms with Crippen molar-refractivity contribution >= 4 is 5.78 Å². The molecule has 2 N–H and O–H groups in total. The Labute approximate surface area is 172 Å². The third-order valence-electron chi connectivity index (χ3n) is 5.77. The van der Waals surface area contributed by atoms with E-state index >= 15 is 0 Å². The maximum Gasteiger partial charge on any atom is 0.167 e. The van der Waals surface area contributed by atoms with Gasteiger partial charge in [-0.15, -0.1) is 0 Å². The molecule has 1 aliphatic rings. The summed E-state index contributed by atoms with van der Waals surface area (Å²) in [6.45, 7) is 4.14. The van der Waals surface area contributed by atoms with E-state index < -0.39 is 0 Å². The Balaban J connectivity index is 1.85. The van der Waals surface area contributed by atoms with Gasteiger partial charge in [0, 0.05) is 31.2 Å². The predicted octanol–water partition coefficient (Wildman–Crippen LogP) is 4.10. The smallest absolute Gasteiger partial charge is 0.167 e. The van der Waals surface area contributed by atoms with E-state index in [0.717, 1.165) is 37.9 Å². The summed E-state index contributed by atoms with van der Waals surface area (Å²) in [4.78, 5) is 15.6. The lowest BCUT2D eigenvalue weighted by Gasteiger charge is -2.38. The summed E-state index contributed by atoms with van der Waals surface area (Å²) < 4.78 is 14.2. The predicted molar refractivity (Wildman–Crippen MR) is 111 cm³/mol. The Bertz CT molecular complexity index is 839. The van der Waals surface area contributed by atoms with Crippen LogP contribution in [0.2, 0.25) is 0 Å². The minimum atomic E-state index is -0.344. The molecule has 1 fully saturated rings. The number of aromatic hydroxyl groups is 1. The summed E-state index contributed by atoms with van der Waals surface area (Å²) in [6.07, 6.45) is 4.81. The number of rotatable bonds is 8. The number of phenolic OH excluding ortho intramolecular Hbond substituents is 1. The highest BCUT2D eigenvalue weighted by atomic mass is 19.1. The molecule has 5 heteroatoms. The van der Waals surface area contributed by atoms with E-state index in [0.29, 0.717) is 17.7 Å². The van der Waals surface area contributed by atoms with Crippen LogP contribution in [0.25, 0.3) is 0 Å². The molecule has 1 saturated heterocycles. The van der Waals surface area contributed by atoms with Crippen molar-refractivity contribution in [2.45, 2.75) is 32.1 Å². The van der Waals surface area contributed by atoms with E-state index in [2.05, 4.69) is 11.3 Å². The normalized spacial score (nSPS) is 20.0. The van der Waals surface area contributed by atoms with Crippen LogP contribution < -0.4 is 0 Å². The third-order valence-corrected chi connectivity index (χ3v) is 5.77. The van der Waals surface area contributed by atoms with Gasteiger partial charge in [0.05, 0.1) is 0 Å². The Morgan fingerprint density at radius 3 is 2.72 bits per heavy atom. The molecule has 0 aromatic heterocycles. The van der Waals surface area contributed by atoms with Crippen LogP contribution in [-0.4, -0.2) is 47.1 Å². The number of phenols is 1. The topological polar surface area (TPSA) is 60.8 Å². The van der Waals surface area contributed by atoms with E-state index in [1.54, 1.807) is 31.2 Å². The molecule has 0 unspecified atom stereocenters. The number of carbonyl (C=O) groups is 1. The molecule has 0 spiro atoms. The minimum absolute atomic E-state index is 0.0362. The molecule has 1 heterocycles. The van der Waals surface area contributed by atoms with Gasteiger partial charge in [-0.3, -0.25) is 4.79 Å². The van der Waals surface area contributed by atoms with Gasteiger partial charge in [-0.1, -0.05) is 24.3 Å². The lowest BCUT2D eigenvalue weighted by molar-refractivity contribution is 0.0826. The van der Waals surface area contributed by atoms with Crippen molar-refractivity contribution in [3.8, 4) is 5.75 Å². The second-order valence-electron chi connectivity index (χ2n) is 7.78. The van der Waals surface area contributed by atoms with E-state index in [9.17, 15) is 14.3 Å². The number of hydrogen-bond donors (Lipinski definition) is 2. The fourth-order valence-electron chi connectivity index (χ4n) is 4.15. The summed E-state index contributed by atoms with van der Waals surface area (Å²) in [7, 11) is 0. The van der Waals surface area contributed by atoms with Gasteiger partial charge >= 0.3 is 0 Å². The van der Waals surface area contributed by atoms with Crippen molar-refractivity contribution in [1.29, 1.82) is 0 Å². The van der Waals surface area contributed by atoms with E-state index in [4.69, 9.17) is 5.11 Å². The average molecular weight is 398 g/mol. The highest BCUT2D eigenvalue weighted by Gasteiger charge is 2.36. The molecule has 0 aliphatic carbocycles. The van der Waals surface area contributed by atoms with Crippen LogP contribution in [0.4, 0.5) is 4.39 Å². The van der Waals surface area contributed by atoms with Crippen LogP contribution in [0.15, 0.2) is 42.5 Å². The number of carbonyl (C=O) groups excluding carboxylic acids is 1. The van der Waals surface area contributed by atoms with Crippen molar-refractivity contribution < 1.29 is 19.4 Å². The molecule has 29 heavy (non-hydrogen) atoms. The van der Waals surface area contributed by atoms with Crippen LogP contribution in [0.1, 0.15) is 46.7 Å². The summed E-state index contributed by atoms with van der Waals surface area (Å²) in [5, 5.41) is 18.8. The van der Waals surface area contributed by atoms with Crippen LogP contribution in [-0.2, 0) is 0 Å². The monoisotopic (exact) mass is 398 g/mol. The van der Waals surface area contributed by atoms with Crippen molar-refractivity contribution in [3.63, 3.8) is 0 Å². The largest absolute Gasteiger partial charge is 0.508 e. The molecule has 0 saturated carbocycles. The van der Waals surface area contributed by atoms with E-state index in [1.807, 2.05) is 6.07 Å². The number of benzene rings is 2. The average Bonchev–Trinajstić information content (AvgIpc) is 2.73. The van der Waals surface area contributed by atoms with Crippen LogP contribution in [0.5, 0.6) is 5.75 Å². The lowest BCUT2D eigenvalue weighted by Crippen LogP contribution is -2.44. The quantitative estimate of drug-likeness (QED) is 0.519. The molecule has 1 radical (unpaired) electrons. The van der Waals surface area contributed by atoms with Crippen LogP contribution in [0, 0.1) is 25.1 Å². The number of Topliss-reactive ketones (excluding diaryl/α,β-unsaturated/α-hetero) is 1. The highest BCUT2D eigenvalue weighted by Crippen LogP contribution is 2.37. The van der Waals surface area contributed by atoms with Gasteiger partial charge in [0.1, 0.15) is 11.6 Å². The zero-order valence-corrected chi connectivity index (χ0v) is 16.9. The maximum absolute atomic E-state index is 14.2. The molecular weight excluding hydrogens is 369 g/mol. The second-order valence-corrected chi connectivity index (χ2v) is 7.78. The van der Waals surface area contributed by atoms with Gasteiger partial charge in [-0.05, 0) is 74.4 Å². The first-order valence-electron chi connectivity index (χ1n) is 10.3. The molecule has 2 aromatic rings. The Hall–Kier alpha value is -2.24. The van der Waals surface area contributed by atoms with Gasteiger partial charge in [-0.2, -0.15) is 0 Å². The second kappa shape index (κ2) is 9.99. The van der Waals surface area contributed by atoms with Crippen LogP contribution >= 0.6 is 0 Å². The van der Waals surface area contributed by atoms with Crippen molar-refractivity contribution in [2.75, 3.05) is 26.2 Å². The summed E-state index contributed by atoms with van der Waals surface area (Å²) in [6, 6.07) is 11.5.